The molecule has 0 aromatic carbocycles. The maximum Gasteiger partial charge on any atom is 0.314 e. The van der Waals surface area contributed by atoms with Gasteiger partial charge in [-0.1, -0.05) is 0 Å². The second kappa shape index (κ2) is 4.70. The lowest BCUT2D eigenvalue weighted by Crippen LogP contribution is -2.04. The molecule has 1 heterocycles. The van der Waals surface area contributed by atoms with Gasteiger partial charge in [0.05, 0.1) is 18.1 Å². The fourth-order valence-electron chi connectivity index (χ4n) is 1.25. The lowest BCUT2D eigenvalue weighted by Gasteiger charge is -2.08. The van der Waals surface area contributed by atoms with Gasteiger partial charge in [-0.05, 0) is 13.8 Å². The van der Waals surface area contributed by atoms with E-state index in [2.05, 4.69) is 4.98 Å². The Morgan fingerprint density at radius 3 is 2.80 bits per heavy atom. The van der Waals surface area contributed by atoms with E-state index in [-0.39, 0.29) is 23.7 Å². The minimum atomic E-state index is -0.543. The van der Waals surface area contributed by atoms with Crippen LogP contribution in [0.3, 0.4) is 0 Å². The third-order valence-electron chi connectivity index (χ3n) is 1.79. The number of ether oxygens (including phenoxy) is 1. The van der Waals surface area contributed by atoms with Crippen molar-refractivity contribution in [2.24, 2.45) is 0 Å². The molecule has 0 bridgehead atoms. The van der Waals surface area contributed by atoms with Crippen LogP contribution < -0.4 is 4.74 Å². The van der Waals surface area contributed by atoms with Gasteiger partial charge in [-0.25, -0.2) is 0 Å². The van der Waals surface area contributed by atoms with Gasteiger partial charge in [0, 0.05) is 11.8 Å². The van der Waals surface area contributed by atoms with Crippen molar-refractivity contribution in [3.63, 3.8) is 0 Å². The number of nitrogens with zero attached hydrogens (tertiary/aromatic N) is 2. The van der Waals surface area contributed by atoms with Crippen LogP contribution in [0, 0.1) is 17.0 Å². The van der Waals surface area contributed by atoms with Gasteiger partial charge in [-0.2, -0.15) is 0 Å². The van der Waals surface area contributed by atoms with E-state index < -0.39 is 4.92 Å². The van der Waals surface area contributed by atoms with E-state index in [0.29, 0.717) is 12.3 Å². The van der Waals surface area contributed by atoms with Crippen LogP contribution in [-0.2, 0) is 6.61 Å². The Bertz CT molecular complexity index is 379. The van der Waals surface area contributed by atoms with Crippen molar-refractivity contribution in [2.45, 2.75) is 20.5 Å². The lowest BCUT2D eigenvalue weighted by molar-refractivity contribution is -0.386. The van der Waals surface area contributed by atoms with Crippen LogP contribution in [0.4, 0.5) is 5.69 Å². The molecule has 0 amide bonds. The molecule has 1 aromatic heterocycles. The number of rotatable bonds is 4. The molecule has 0 fully saturated rings. The number of nitro groups is 1. The molecule has 0 saturated heterocycles. The van der Waals surface area contributed by atoms with Crippen molar-refractivity contribution >= 4 is 5.69 Å². The fraction of sp³-hybridized carbons (Fsp3) is 0.444. The highest BCUT2D eigenvalue weighted by molar-refractivity contribution is 5.50. The third kappa shape index (κ3) is 2.41. The van der Waals surface area contributed by atoms with E-state index >= 15 is 0 Å². The standard InChI is InChI=1S/C9H12N2O4/c1-3-15-9-7(5-12)10-6(2)4-8(9)11(13)14/h4,12H,3,5H2,1-2H3. The summed E-state index contributed by atoms with van der Waals surface area (Å²) in [6.45, 7) is 3.25. The molecule has 6 heteroatoms. The second-order valence-corrected chi connectivity index (χ2v) is 2.91. The van der Waals surface area contributed by atoms with Crippen LogP contribution in [0.5, 0.6) is 5.75 Å². The van der Waals surface area contributed by atoms with Crippen LogP contribution >= 0.6 is 0 Å². The summed E-state index contributed by atoms with van der Waals surface area (Å²) < 4.78 is 5.11. The summed E-state index contributed by atoms with van der Waals surface area (Å²) >= 11 is 0. The van der Waals surface area contributed by atoms with E-state index in [1.165, 1.54) is 6.07 Å². The largest absolute Gasteiger partial charge is 0.486 e. The monoisotopic (exact) mass is 212 g/mol. The molecule has 0 radical (unpaired) electrons. The van der Waals surface area contributed by atoms with Crippen molar-refractivity contribution in [3.05, 3.63) is 27.6 Å². The van der Waals surface area contributed by atoms with E-state index in [1.807, 2.05) is 0 Å². The molecule has 0 unspecified atom stereocenters. The van der Waals surface area contributed by atoms with E-state index in [0.717, 1.165) is 0 Å². The highest BCUT2D eigenvalue weighted by Gasteiger charge is 2.20. The zero-order chi connectivity index (χ0) is 11.4. The highest BCUT2D eigenvalue weighted by Crippen LogP contribution is 2.30. The molecule has 0 aliphatic rings. The number of aryl methyl sites for hydroxylation is 1. The zero-order valence-corrected chi connectivity index (χ0v) is 8.56. The van der Waals surface area contributed by atoms with Gasteiger partial charge in [-0.15, -0.1) is 0 Å². The molecule has 82 valence electrons. The maximum atomic E-state index is 10.7. The van der Waals surface area contributed by atoms with Crippen molar-refractivity contribution in [1.82, 2.24) is 4.98 Å². The van der Waals surface area contributed by atoms with Crippen molar-refractivity contribution in [3.8, 4) is 5.75 Å². The summed E-state index contributed by atoms with van der Waals surface area (Å²) in [6, 6.07) is 1.32. The molecular formula is C9H12N2O4. The predicted octanol–water partition coefficient (Wildman–Crippen LogP) is 1.19. The Hall–Kier alpha value is -1.69. The maximum absolute atomic E-state index is 10.7. The van der Waals surface area contributed by atoms with Gasteiger partial charge in [0.1, 0.15) is 5.69 Å². The molecule has 0 aliphatic carbocycles. The van der Waals surface area contributed by atoms with Crippen LogP contribution in [-0.4, -0.2) is 21.6 Å². The summed E-state index contributed by atoms with van der Waals surface area (Å²) in [5.74, 6) is 0.0515. The first kappa shape index (κ1) is 11.4. The topological polar surface area (TPSA) is 85.5 Å². The van der Waals surface area contributed by atoms with Crippen molar-refractivity contribution in [1.29, 1.82) is 0 Å². The van der Waals surface area contributed by atoms with Gasteiger partial charge in [0.25, 0.3) is 0 Å². The minimum Gasteiger partial charge on any atom is -0.486 e. The number of aliphatic hydroxyl groups is 1. The molecule has 1 aromatic rings. The molecule has 0 saturated carbocycles. The summed E-state index contributed by atoms with van der Waals surface area (Å²) in [5.41, 5.74) is 0.520. The van der Waals surface area contributed by atoms with Crippen LogP contribution in [0.1, 0.15) is 18.3 Å². The van der Waals surface area contributed by atoms with Gasteiger partial charge >= 0.3 is 5.69 Å². The Labute approximate surface area is 86.7 Å². The average molecular weight is 212 g/mol. The quantitative estimate of drug-likeness (QED) is 0.598. The number of hydrogen-bond donors (Lipinski definition) is 1. The smallest absolute Gasteiger partial charge is 0.314 e. The Morgan fingerprint density at radius 1 is 1.67 bits per heavy atom. The lowest BCUT2D eigenvalue weighted by atomic mass is 10.2. The molecule has 6 nitrogen and oxygen atoms in total. The highest BCUT2D eigenvalue weighted by atomic mass is 16.6. The first-order valence-electron chi connectivity index (χ1n) is 4.48. The SMILES string of the molecule is CCOc1c([N+](=O)[O-])cc(C)nc1CO. The van der Waals surface area contributed by atoms with Crippen LogP contribution in [0.25, 0.3) is 0 Å². The molecule has 15 heavy (non-hydrogen) atoms. The Kier molecular flexibility index (Phi) is 3.56. The Balaban J connectivity index is 3.33. The van der Waals surface area contributed by atoms with Gasteiger partial charge < -0.3 is 9.84 Å². The molecule has 1 rings (SSSR count). The number of pyridine rings is 1. The molecule has 0 aliphatic heterocycles. The van der Waals surface area contributed by atoms with E-state index in [4.69, 9.17) is 9.84 Å². The summed E-state index contributed by atoms with van der Waals surface area (Å²) in [7, 11) is 0. The summed E-state index contributed by atoms with van der Waals surface area (Å²) in [5, 5.41) is 19.7. The average Bonchev–Trinajstić information content (AvgIpc) is 2.19. The van der Waals surface area contributed by atoms with Gasteiger partial charge in [-0.3, -0.25) is 15.1 Å². The van der Waals surface area contributed by atoms with Crippen molar-refractivity contribution in [2.75, 3.05) is 6.61 Å². The molecular weight excluding hydrogens is 200 g/mol. The van der Waals surface area contributed by atoms with Crippen molar-refractivity contribution < 1.29 is 14.8 Å². The predicted molar refractivity (Wildman–Crippen MR) is 52.7 cm³/mol. The first-order valence-corrected chi connectivity index (χ1v) is 4.48. The fourth-order valence-corrected chi connectivity index (χ4v) is 1.25. The zero-order valence-electron chi connectivity index (χ0n) is 8.56. The summed E-state index contributed by atoms with van der Waals surface area (Å²) in [4.78, 5) is 14.2. The molecule has 0 atom stereocenters. The number of aromatic nitrogens is 1. The second-order valence-electron chi connectivity index (χ2n) is 2.91. The third-order valence-corrected chi connectivity index (χ3v) is 1.79. The Morgan fingerprint density at radius 2 is 2.33 bits per heavy atom. The van der Waals surface area contributed by atoms with Gasteiger partial charge in [0.2, 0.25) is 5.75 Å². The molecule has 0 spiro atoms. The van der Waals surface area contributed by atoms with E-state index in [9.17, 15) is 10.1 Å². The number of hydrogen-bond acceptors (Lipinski definition) is 5. The van der Waals surface area contributed by atoms with Crippen LogP contribution in [0.2, 0.25) is 0 Å². The number of aliphatic hydroxyl groups excluding tert-OH is 1. The normalized spacial score (nSPS) is 10.1. The minimum absolute atomic E-state index is 0.0515. The van der Waals surface area contributed by atoms with Gasteiger partial charge in [0.15, 0.2) is 0 Å². The summed E-state index contributed by atoms with van der Waals surface area (Å²) in [6.07, 6.45) is 0. The van der Waals surface area contributed by atoms with E-state index in [1.54, 1.807) is 13.8 Å². The van der Waals surface area contributed by atoms with Crippen LogP contribution in [0.15, 0.2) is 6.07 Å². The molecule has 1 N–H and O–H groups in total. The first-order chi connectivity index (χ1) is 7.10.